The first kappa shape index (κ1) is 56.7. The van der Waals surface area contributed by atoms with Crippen molar-refractivity contribution in [3.63, 3.8) is 0 Å². The first-order chi connectivity index (χ1) is 28.8. The Labute approximate surface area is 361 Å². The van der Waals surface area contributed by atoms with Crippen LogP contribution >= 0.6 is 7.82 Å². The molecule has 2 atom stereocenters. The standard InChI is InChI=1S/C49H88NO8P/c1-3-5-7-9-11-13-15-17-19-21-23-25-27-29-31-33-35-37-39-41-48(51)55-45-47(46-57-59(53,54)56-44-43-50)58-49(52)42-40-38-36-34-32-30-28-26-24-22-20-18-16-14-12-10-8-6-4-2/h12,14,18,20-21,23-24,26,30,32,47H,3-11,13,15-17,19,22,25,27-29,31,33-46,50H2,1-2H3,(H,53,54)/b14-12-,20-18-,23-21-,26-24-,32-30-/t47-/m1/s1. The Kier molecular flexibility index (Phi) is 43.5. The van der Waals surface area contributed by atoms with Gasteiger partial charge < -0.3 is 20.1 Å². The Balaban J connectivity index is 4.18. The predicted octanol–water partition coefficient (Wildman–Crippen LogP) is 14.1. The van der Waals surface area contributed by atoms with Crippen molar-refractivity contribution in [2.24, 2.45) is 5.73 Å². The van der Waals surface area contributed by atoms with Crippen LogP contribution in [0.1, 0.15) is 206 Å². The van der Waals surface area contributed by atoms with Crippen LogP contribution in [0.5, 0.6) is 0 Å². The van der Waals surface area contributed by atoms with Crippen LogP contribution in [0.15, 0.2) is 60.8 Å². The number of hydrogen-bond donors (Lipinski definition) is 2. The summed E-state index contributed by atoms with van der Waals surface area (Å²) in [4.78, 5) is 35.0. The number of hydrogen-bond acceptors (Lipinski definition) is 8. The van der Waals surface area contributed by atoms with Gasteiger partial charge in [-0.15, -0.1) is 0 Å². The monoisotopic (exact) mass is 850 g/mol. The van der Waals surface area contributed by atoms with Gasteiger partial charge in [-0.2, -0.15) is 0 Å². The molecular weight excluding hydrogens is 762 g/mol. The molecule has 0 fully saturated rings. The van der Waals surface area contributed by atoms with E-state index in [0.29, 0.717) is 6.42 Å². The molecular formula is C49H88NO8P. The van der Waals surface area contributed by atoms with Crippen LogP contribution in [-0.2, 0) is 32.7 Å². The third-order valence-electron chi connectivity index (χ3n) is 9.88. The molecule has 0 spiro atoms. The second-order valence-electron chi connectivity index (χ2n) is 15.6. The maximum Gasteiger partial charge on any atom is 0.472 e. The van der Waals surface area contributed by atoms with E-state index < -0.39 is 32.5 Å². The number of unbranched alkanes of at least 4 members (excludes halogenated alkanes) is 21. The van der Waals surface area contributed by atoms with Gasteiger partial charge in [-0.05, 0) is 83.5 Å². The maximum atomic E-state index is 12.6. The van der Waals surface area contributed by atoms with E-state index in [2.05, 4.69) is 74.6 Å². The first-order valence-electron chi connectivity index (χ1n) is 23.8. The van der Waals surface area contributed by atoms with Crippen LogP contribution in [0, 0.1) is 0 Å². The van der Waals surface area contributed by atoms with Crippen molar-refractivity contribution >= 4 is 19.8 Å². The molecule has 3 N–H and O–H groups in total. The van der Waals surface area contributed by atoms with Gasteiger partial charge >= 0.3 is 19.8 Å². The molecule has 0 amide bonds. The number of nitrogens with two attached hydrogens (primary N) is 1. The van der Waals surface area contributed by atoms with Gasteiger partial charge in [-0.1, -0.05) is 171 Å². The molecule has 0 aromatic heterocycles. The summed E-state index contributed by atoms with van der Waals surface area (Å²) in [5.74, 6) is -0.869. The summed E-state index contributed by atoms with van der Waals surface area (Å²) >= 11 is 0. The molecule has 0 rings (SSSR count). The van der Waals surface area contributed by atoms with Crippen LogP contribution < -0.4 is 5.73 Å². The number of esters is 2. The fourth-order valence-corrected chi connectivity index (χ4v) is 7.08. The Bertz CT molecular complexity index is 1150. The fourth-order valence-electron chi connectivity index (χ4n) is 6.32. The summed E-state index contributed by atoms with van der Waals surface area (Å²) in [7, 11) is -4.39. The summed E-state index contributed by atoms with van der Waals surface area (Å²) in [5.41, 5.74) is 5.35. The molecule has 59 heavy (non-hydrogen) atoms. The van der Waals surface area contributed by atoms with Crippen molar-refractivity contribution in [3.8, 4) is 0 Å². The molecule has 9 nitrogen and oxygen atoms in total. The topological polar surface area (TPSA) is 134 Å². The molecule has 0 saturated carbocycles. The molecule has 0 aliphatic heterocycles. The predicted molar refractivity (Wildman–Crippen MR) is 247 cm³/mol. The number of phosphoric ester groups is 1. The number of allylic oxidation sites excluding steroid dienone is 10. The molecule has 342 valence electrons. The second kappa shape index (κ2) is 45.2. The molecule has 1 unspecified atom stereocenters. The highest BCUT2D eigenvalue weighted by molar-refractivity contribution is 7.47. The van der Waals surface area contributed by atoms with E-state index in [9.17, 15) is 19.0 Å². The molecule has 0 aromatic rings. The lowest BCUT2D eigenvalue weighted by atomic mass is 10.1. The zero-order valence-corrected chi connectivity index (χ0v) is 38.6. The highest BCUT2D eigenvalue weighted by atomic mass is 31.2. The zero-order valence-electron chi connectivity index (χ0n) is 37.7. The number of rotatable bonds is 44. The Morgan fingerprint density at radius 2 is 0.881 bits per heavy atom. The van der Waals surface area contributed by atoms with Gasteiger partial charge in [0.05, 0.1) is 13.2 Å². The van der Waals surface area contributed by atoms with E-state index in [-0.39, 0.29) is 32.6 Å². The fraction of sp³-hybridized carbons (Fsp3) is 0.755. The summed E-state index contributed by atoms with van der Waals surface area (Å²) in [6.45, 7) is 3.67. The molecule has 10 heteroatoms. The summed E-state index contributed by atoms with van der Waals surface area (Å²) < 4.78 is 32.8. The van der Waals surface area contributed by atoms with Gasteiger partial charge in [0.15, 0.2) is 6.10 Å². The summed E-state index contributed by atoms with van der Waals surface area (Å²) in [6, 6.07) is 0. The quantitative estimate of drug-likeness (QED) is 0.0266. The van der Waals surface area contributed by atoms with Crippen molar-refractivity contribution in [2.45, 2.75) is 213 Å². The number of ether oxygens (including phenoxy) is 2. The van der Waals surface area contributed by atoms with Crippen molar-refractivity contribution in [2.75, 3.05) is 26.4 Å². The lowest BCUT2D eigenvalue weighted by Gasteiger charge is -2.19. The molecule has 0 heterocycles. The van der Waals surface area contributed by atoms with E-state index in [1.54, 1.807) is 0 Å². The Morgan fingerprint density at radius 1 is 0.508 bits per heavy atom. The highest BCUT2D eigenvalue weighted by Crippen LogP contribution is 2.43. The first-order valence-corrected chi connectivity index (χ1v) is 25.3. The molecule has 0 bridgehead atoms. The van der Waals surface area contributed by atoms with Crippen LogP contribution in [0.2, 0.25) is 0 Å². The van der Waals surface area contributed by atoms with Crippen LogP contribution in [0.3, 0.4) is 0 Å². The second-order valence-corrected chi connectivity index (χ2v) is 17.1. The molecule has 0 saturated heterocycles. The summed E-state index contributed by atoms with van der Waals surface area (Å²) in [6.07, 6.45) is 53.9. The van der Waals surface area contributed by atoms with Gasteiger partial charge in [0.2, 0.25) is 0 Å². The molecule has 0 aliphatic carbocycles. The van der Waals surface area contributed by atoms with E-state index in [1.807, 2.05) is 0 Å². The molecule has 0 aromatic carbocycles. The minimum Gasteiger partial charge on any atom is -0.462 e. The normalized spacial score (nSPS) is 13.8. The van der Waals surface area contributed by atoms with Crippen LogP contribution in [0.4, 0.5) is 0 Å². The SMILES string of the molecule is CCCCC/C=C\C/C=C\C/C=C\C/C=C\CCCCCC(=O)O[C@H](COC(=O)CCCCCCCCC/C=C\CCCCCCCCCC)COP(=O)(O)OCCN. The molecule has 0 aliphatic rings. The van der Waals surface area contributed by atoms with Crippen molar-refractivity contribution in [1.82, 2.24) is 0 Å². The maximum absolute atomic E-state index is 12.6. The third kappa shape index (κ3) is 45.1. The minimum absolute atomic E-state index is 0.0451. The smallest absolute Gasteiger partial charge is 0.462 e. The van der Waals surface area contributed by atoms with Crippen molar-refractivity contribution in [3.05, 3.63) is 60.8 Å². The Hall–Kier alpha value is -2.29. The Morgan fingerprint density at radius 3 is 1.37 bits per heavy atom. The van der Waals surface area contributed by atoms with E-state index in [0.717, 1.165) is 70.6 Å². The number of carbonyl (C=O) groups is 2. The van der Waals surface area contributed by atoms with Crippen molar-refractivity contribution in [1.29, 1.82) is 0 Å². The van der Waals surface area contributed by atoms with Gasteiger partial charge in [-0.25, -0.2) is 4.57 Å². The van der Waals surface area contributed by atoms with Gasteiger partial charge in [0.25, 0.3) is 0 Å². The van der Waals surface area contributed by atoms with E-state index in [4.69, 9.17) is 24.3 Å². The van der Waals surface area contributed by atoms with E-state index >= 15 is 0 Å². The lowest BCUT2D eigenvalue weighted by Crippen LogP contribution is -2.29. The van der Waals surface area contributed by atoms with Gasteiger partial charge in [0.1, 0.15) is 6.61 Å². The third-order valence-corrected chi connectivity index (χ3v) is 10.9. The van der Waals surface area contributed by atoms with Crippen LogP contribution in [-0.4, -0.2) is 49.3 Å². The van der Waals surface area contributed by atoms with Gasteiger partial charge in [0, 0.05) is 19.4 Å². The summed E-state index contributed by atoms with van der Waals surface area (Å²) in [5, 5.41) is 0. The van der Waals surface area contributed by atoms with Crippen LogP contribution in [0.25, 0.3) is 0 Å². The average molecular weight is 850 g/mol. The number of carbonyl (C=O) groups excluding carboxylic acids is 2. The minimum atomic E-state index is -4.39. The van der Waals surface area contributed by atoms with E-state index in [1.165, 1.54) is 103 Å². The zero-order chi connectivity index (χ0) is 43.2. The lowest BCUT2D eigenvalue weighted by molar-refractivity contribution is -0.161. The van der Waals surface area contributed by atoms with Crippen molar-refractivity contribution < 1.29 is 37.6 Å². The largest absolute Gasteiger partial charge is 0.472 e. The average Bonchev–Trinajstić information content (AvgIpc) is 3.22. The highest BCUT2D eigenvalue weighted by Gasteiger charge is 2.26. The van der Waals surface area contributed by atoms with Gasteiger partial charge in [-0.3, -0.25) is 18.6 Å². The number of phosphoric acid groups is 1. The molecule has 0 radical (unpaired) electrons.